The summed E-state index contributed by atoms with van der Waals surface area (Å²) in [5.74, 6) is -2.35. The second-order valence-electron chi connectivity index (χ2n) is 11.0. The average Bonchev–Trinajstić information content (AvgIpc) is 3.52. The molecule has 4 rings (SSSR count). The van der Waals surface area contributed by atoms with Crippen molar-refractivity contribution >= 4 is 41.8 Å². The van der Waals surface area contributed by atoms with E-state index in [4.69, 9.17) is 10.5 Å². The Kier molecular flexibility index (Phi) is 6.62. The third kappa shape index (κ3) is 5.21. The van der Waals surface area contributed by atoms with Crippen LogP contribution in [0, 0.1) is 12.7 Å². The van der Waals surface area contributed by atoms with E-state index in [1.807, 2.05) is 6.92 Å². The van der Waals surface area contributed by atoms with Crippen LogP contribution in [0.15, 0.2) is 11.0 Å². The van der Waals surface area contributed by atoms with Crippen LogP contribution in [0.2, 0.25) is 0 Å². The zero-order valence-corrected chi connectivity index (χ0v) is 21.4. The summed E-state index contributed by atoms with van der Waals surface area (Å²) in [5.41, 5.74) is 3.58. The van der Waals surface area contributed by atoms with Crippen LogP contribution in [0.5, 0.6) is 0 Å². The van der Waals surface area contributed by atoms with Crippen LogP contribution in [-0.2, 0) is 9.39 Å². The summed E-state index contributed by atoms with van der Waals surface area (Å²) in [4.78, 5) is 39.5. The van der Waals surface area contributed by atoms with Crippen LogP contribution in [0.25, 0.3) is 10.9 Å². The van der Waals surface area contributed by atoms with Crippen LogP contribution >= 0.6 is 0 Å². The molecule has 9 nitrogen and oxygen atoms in total. The number of hydrogen-bond acceptors (Lipinski definition) is 7. The number of carbonyl (C=O) groups is 2. The van der Waals surface area contributed by atoms with E-state index in [1.165, 1.54) is 6.20 Å². The van der Waals surface area contributed by atoms with Crippen molar-refractivity contribution < 1.29 is 32.0 Å². The number of hydrogen-bond donors (Lipinski definition) is 2. The monoisotopic (exact) mass is 522 g/mol. The lowest BCUT2D eigenvalue weighted by atomic mass is 10.0. The summed E-state index contributed by atoms with van der Waals surface area (Å²) in [6, 6.07) is -0.102. The van der Waals surface area contributed by atoms with E-state index in [-0.39, 0.29) is 23.7 Å². The van der Waals surface area contributed by atoms with Crippen molar-refractivity contribution in [3.05, 3.63) is 33.4 Å². The van der Waals surface area contributed by atoms with E-state index in [1.54, 1.807) is 37.2 Å². The number of rotatable bonds is 5. The van der Waals surface area contributed by atoms with Gasteiger partial charge in [-0.05, 0) is 59.4 Å². The minimum atomic E-state index is -3.41. The first-order valence-corrected chi connectivity index (χ1v) is 12.0. The molecule has 1 aliphatic heterocycles. The molecule has 3 N–H and O–H groups in total. The Balaban J connectivity index is 1.78. The number of nitrogens with two attached hydrogens (primary N) is 1. The summed E-state index contributed by atoms with van der Waals surface area (Å²) in [6.45, 7) is 9.38. The largest absolute Gasteiger partial charge is 0.798 e. The molecule has 200 valence electrons. The van der Waals surface area contributed by atoms with Crippen molar-refractivity contribution in [1.82, 2.24) is 9.88 Å². The molecular formula is C24H30BF3N4O5. The number of halogens is 3. The van der Waals surface area contributed by atoms with E-state index in [0.29, 0.717) is 24.0 Å². The van der Waals surface area contributed by atoms with Gasteiger partial charge in [0.15, 0.2) is 5.82 Å². The zero-order valence-electron chi connectivity index (χ0n) is 21.4. The molecule has 2 aliphatic rings. The lowest BCUT2D eigenvalue weighted by Gasteiger charge is -2.30. The summed E-state index contributed by atoms with van der Waals surface area (Å²) in [6.07, 6.45) is 2.57. The van der Waals surface area contributed by atoms with Gasteiger partial charge in [-0.25, -0.2) is 22.6 Å². The first kappa shape index (κ1) is 26.7. The number of nitrogens with one attached hydrogen (secondary N) is 1. The van der Waals surface area contributed by atoms with Crippen molar-refractivity contribution in [2.45, 2.75) is 71.1 Å². The lowest BCUT2D eigenvalue weighted by Crippen LogP contribution is -2.49. The molecule has 1 atom stereocenters. The van der Waals surface area contributed by atoms with Gasteiger partial charge < -0.3 is 29.9 Å². The highest BCUT2D eigenvalue weighted by Crippen LogP contribution is 2.43. The number of alkyl carbamates (subject to hydrolysis) is 1. The van der Waals surface area contributed by atoms with Crippen molar-refractivity contribution in [3.8, 4) is 0 Å². The number of benzene rings is 1. The van der Waals surface area contributed by atoms with E-state index in [0.717, 1.165) is 12.8 Å². The number of carbonyl (C=O) groups excluding carboxylic acids is 2. The van der Waals surface area contributed by atoms with Gasteiger partial charge in [0, 0.05) is 25.3 Å². The van der Waals surface area contributed by atoms with Crippen LogP contribution in [0.4, 0.5) is 29.2 Å². The Morgan fingerprint density at radius 3 is 2.49 bits per heavy atom. The van der Waals surface area contributed by atoms with Gasteiger partial charge in [0.1, 0.15) is 11.2 Å². The van der Waals surface area contributed by atoms with Crippen LogP contribution in [0.1, 0.15) is 68.9 Å². The molecule has 2 aromatic rings. The Morgan fingerprint density at radius 2 is 1.92 bits per heavy atom. The normalized spacial score (nSPS) is 19.7. The molecule has 13 heteroatoms. The fraction of sp³-hybridized carbons (Fsp3) is 0.542. The average molecular weight is 522 g/mol. The van der Waals surface area contributed by atoms with Crippen molar-refractivity contribution in [3.63, 3.8) is 0 Å². The number of fused-ring (bicyclic) bond motifs is 1. The Hall–Kier alpha value is -3.38. The second-order valence-corrected chi connectivity index (χ2v) is 11.0. The first-order chi connectivity index (χ1) is 17.1. The van der Waals surface area contributed by atoms with Gasteiger partial charge in [-0.2, -0.15) is 0 Å². The van der Waals surface area contributed by atoms with E-state index in [2.05, 4.69) is 9.97 Å². The highest BCUT2D eigenvalue weighted by Gasteiger charge is 2.39. The predicted molar refractivity (Wildman–Crippen MR) is 134 cm³/mol. The molecule has 2 heterocycles. The quantitative estimate of drug-likeness (QED) is 0.452. The molecule has 1 saturated carbocycles. The first-order valence-electron chi connectivity index (χ1n) is 12.0. The van der Waals surface area contributed by atoms with E-state index in [9.17, 15) is 23.0 Å². The lowest BCUT2D eigenvalue weighted by molar-refractivity contribution is 0.0472. The molecule has 1 amide bonds. The molecule has 2 fully saturated rings. The third-order valence-electron chi connectivity index (χ3n) is 6.61. The molecule has 1 aliphatic carbocycles. The SMILES string of the molecule is Cc1c(N2CCC(C)(NC(=O)OC(C)(C)C)C2)c(F)c(N)c2c(=O)c(C(=O)OB(F)F)cn(C3CC3)c12. The molecule has 1 saturated heterocycles. The fourth-order valence-corrected chi connectivity index (χ4v) is 4.89. The van der Waals surface area contributed by atoms with Gasteiger partial charge in [-0.1, -0.05) is 0 Å². The number of anilines is 2. The van der Waals surface area contributed by atoms with Crippen molar-refractivity contribution in [1.29, 1.82) is 0 Å². The minimum absolute atomic E-state index is 0.102. The van der Waals surface area contributed by atoms with E-state index < -0.39 is 53.2 Å². The molecule has 1 aromatic carbocycles. The number of pyridine rings is 1. The number of aryl methyl sites for hydroxylation is 1. The van der Waals surface area contributed by atoms with Crippen LogP contribution < -0.4 is 21.4 Å². The maximum atomic E-state index is 15.8. The van der Waals surface area contributed by atoms with E-state index >= 15 is 4.39 Å². The number of aromatic nitrogens is 1. The summed E-state index contributed by atoms with van der Waals surface area (Å²) in [5, 5.41) is 2.62. The molecule has 1 aromatic heterocycles. The molecular weight excluding hydrogens is 492 g/mol. The van der Waals surface area contributed by atoms with Gasteiger partial charge in [0.25, 0.3) is 0 Å². The summed E-state index contributed by atoms with van der Waals surface area (Å²) < 4.78 is 52.1. The second kappa shape index (κ2) is 9.18. The van der Waals surface area contributed by atoms with Gasteiger partial charge in [-0.3, -0.25) is 4.79 Å². The number of amides is 1. The minimum Gasteiger partial charge on any atom is -0.474 e. The Bertz CT molecular complexity index is 1340. The Morgan fingerprint density at radius 1 is 1.27 bits per heavy atom. The standard InChI is InChI=1S/C24H30BF3N4O5/c1-12-18-15(20(33)14(21(34)37-25(27)28)10-32(18)13-6-7-13)17(29)16(26)19(12)31-9-8-24(5,11-31)30-22(35)36-23(2,3)4/h10,13H,6-9,11,29H2,1-5H3,(H,30,35). The summed E-state index contributed by atoms with van der Waals surface area (Å²) in [7, 11) is -3.41. The predicted octanol–water partition coefficient (Wildman–Crippen LogP) is 3.94. The van der Waals surface area contributed by atoms with Gasteiger partial charge in [0.05, 0.1) is 27.8 Å². The molecule has 0 bridgehead atoms. The number of nitrogens with zero attached hydrogens (tertiary/aromatic N) is 2. The van der Waals surface area contributed by atoms with Crippen LogP contribution in [0.3, 0.4) is 0 Å². The molecule has 0 spiro atoms. The number of nitrogen functional groups attached to an aromatic ring is 1. The van der Waals surface area contributed by atoms with Gasteiger partial charge >= 0.3 is 19.5 Å². The number of ether oxygens (including phenoxy) is 1. The molecule has 0 radical (unpaired) electrons. The van der Waals surface area contributed by atoms with Gasteiger partial charge in [0.2, 0.25) is 5.43 Å². The van der Waals surface area contributed by atoms with Crippen molar-refractivity contribution in [2.24, 2.45) is 0 Å². The van der Waals surface area contributed by atoms with Gasteiger partial charge in [-0.15, -0.1) is 0 Å². The highest BCUT2D eigenvalue weighted by molar-refractivity contribution is 6.38. The highest BCUT2D eigenvalue weighted by atomic mass is 19.2. The fourth-order valence-electron chi connectivity index (χ4n) is 4.89. The smallest absolute Gasteiger partial charge is 0.474 e. The maximum absolute atomic E-state index is 15.8. The van der Waals surface area contributed by atoms with Crippen molar-refractivity contribution in [2.75, 3.05) is 23.7 Å². The molecule has 1 unspecified atom stereocenters. The topological polar surface area (TPSA) is 116 Å². The third-order valence-corrected chi connectivity index (χ3v) is 6.61. The maximum Gasteiger partial charge on any atom is 0.798 e. The zero-order chi connectivity index (χ0) is 27.4. The Labute approximate surface area is 212 Å². The van der Waals surface area contributed by atoms with Crippen LogP contribution in [-0.4, -0.2) is 48.3 Å². The molecule has 37 heavy (non-hydrogen) atoms. The summed E-state index contributed by atoms with van der Waals surface area (Å²) >= 11 is 0.